The maximum absolute atomic E-state index is 12.7. The molecule has 2 atom stereocenters. The van der Waals surface area contributed by atoms with Crippen LogP contribution in [0.25, 0.3) is 0 Å². The number of aryl methyl sites for hydroxylation is 1. The number of pyridine rings is 1. The molecule has 0 spiro atoms. The van der Waals surface area contributed by atoms with Gasteiger partial charge in [0.1, 0.15) is 11.7 Å². The van der Waals surface area contributed by atoms with E-state index in [0.717, 1.165) is 12.0 Å². The van der Waals surface area contributed by atoms with Crippen molar-refractivity contribution in [1.82, 2.24) is 15.2 Å². The van der Waals surface area contributed by atoms with Crippen LogP contribution in [-0.4, -0.2) is 52.4 Å². The van der Waals surface area contributed by atoms with Crippen molar-refractivity contribution >= 4 is 17.8 Å². The number of piperidine rings is 1. The van der Waals surface area contributed by atoms with Crippen molar-refractivity contribution in [2.45, 2.75) is 32.2 Å². The summed E-state index contributed by atoms with van der Waals surface area (Å²) in [5, 5.41) is 11.9. The van der Waals surface area contributed by atoms with Crippen molar-refractivity contribution < 1.29 is 19.5 Å². The largest absolute Gasteiger partial charge is 0.480 e. The quantitative estimate of drug-likeness (QED) is 0.851. The fourth-order valence-corrected chi connectivity index (χ4v) is 2.83. The minimum absolute atomic E-state index is 0.0908. The molecule has 1 aromatic rings. The van der Waals surface area contributed by atoms with Crippen molar-refractivity contribution in [3.05, 3.63) is 29.6 Å². The molecule has 2 heterocycles. The maximum atomic E-state index is 12.7. The number of carbonyl (C=O) groups excluding carboxylic acids is 2. The van der Waals surface area contributed by atoms with E-state index in [0.29, 0.717) is 6.42 Å². The van der Waals surface area contributed by atoms with Gasteiger partial charge in [-0.1, -0.05) is 6.92 Å². The summed E-state index contributed by atoms with van der Waals surface area (Å²) in [6, 6.07) is 2.57. The Bertz CT molecular complexity index is 617. The molecule has 0 unspecified atom stereocenters. The summed E-state index contributed by atoms with van der Waals surface area (Å²) in [6.45, 7) is 2.06. The number of carboxylic acid groups (broad SMARTS) is 1. The molecule has 0 aliphatic carbocycles. The summed E-state index contributed by atoms with van der Waals surface area (Å²) in [5.74, 6) is -2.07. The lowest BCUT2D eigenvalue weighted by Crippen LogP contribution is -2.53. The SMILES string of the molecule is CCc1ccnc(C(=O)N2C[C@@H](C(=O)NC)CC[C@H]2C(=O)O)c1. The van der Waals surface area contributed by atoms with E-state index in [4.69, 9.17) is 0 Å². The third kappa shape index (κ3) is 3.67. The van der Waals surface area contributed by atoms with E-state index in [2.05, 4.69) is 10.3 Å². The minimum Gasteiger partial charge on any atom is -0.480 e. The zero-order valence-corrected chi connectivity index (χ0v) is 13.3. The average molecular weight is 319 g/mol. The predicted molar refractivity (Wildman–Crippen MR) is 82.9 cm³/mol. The van der Waals surface area contributed by atoms with E-state index in [1.165, 1.54) is 11.9 Å². The number of likely N-dealkylation sites (tertiary alicyclic amines) is 1. The van der Waals surface area contributed by atoms with Crippen LogP contribution in [0.5, 0.6) is 0 Å². The molecule has 124 valence electrons. The number of carbonyl (C=O) groups is 3. The summed E-state index contributed by atoms with van der Waals surface area (Å²) >= 11 is 0. The molecular weight excluding hydrogens is 298 g/mol. The van der Waals surface area contributed by atoms with E-state index >= 15 is 0 Å². The molecule has 0 aromatic carbocycles. The van der Waals surface area contributed by atoms with Crippen LogP contribution in [0.1, 0.15) is 35.8 Å². The minimum atomic E-state index is -1.06. The Morgan fingerprint density at radius 3 is 2.74 bits per heavy atom. The average Bonchev–Trinajstić information content (AvgIpc) is 2.59. The van der Waals surface area contributed by atoms with Crippen molar-refractivity contribution in [3.63, 3.8) is 0 Å². The lowest BCUT2D eigenvalue weighted by molar-refractivity contribution is -0.145. The number of aliphatic carboxylic acids is 1. The van der Waals surface area contributed by atoms with E-state index in [1.54, 1.807) is 12.3 Å². The molecule has 23 heavy (non-hydrogen) atoms. The summed E-state index contributed by atoms with van der Waals surface area (Å²) in [7, 11) is 1.53. The number of rotatable bonds is 4. The van der Waals surface area contributed by atoms with E-state index < -0.39 is 23.8 Å². The van der Waals surface area contributed by atoms with Crippen LogP contribution < -0.4 is 5.32 Å². The van der Waals surface area contributed by atoms with E-state index in [-0.39, 0.29) is 24.6 Å². The second-order valence-electron chi connectivity index (χ2n) is 5.60. The second kappa shape index (κ2) is 7.21. The molecule has 1 aromatic heterocycles. The highest BCUT2D eigenvalue weighted by atomic mass is 16.4. The molecular formula is C16H21N3O4. The molecule has 2 rings (SSSR count). The first-order valence-corrected chi connectivity index (χ1v) is 7.68. The molecule has 0 bridgehead atoms. The molecule has 1 saturated heterocycles. The number of nitrogens with zero attached hydrogens (tertiary/aromatic N) is 2. The van der Waals surface area contributed by atoms with Crippen LogP contribution >= 0.6 is 0 Å². The fraction of sp³-hybridized carbons (Fsp3) is 0.500. The topological polar surface area (TPSA) is 99.6 Å². The number of carboxylic acids is 1. The van der Waals surface area contributed by atoms with Gasteiger partial charge in [-0.25, -0.2) is 4.79 Å². The Balaban J connectivity index is 2.27. The highest BCUT2D eigenvalue weighted by Crippen LogP contribution is 2.24. The highest BCUT2D eigenvalue weighted by molar-refractivity contribution is 5.95. The third-order valence-electron chi connectivity index (χ3n) is 4.20. The molecule has 7 heteroatoms. The van der Waals surface area contributed by atoms with Crippen LogP contribution in [0, 0.1) is 5.92 Å². The van der Waals surface area contributed by atoms with Gasteiger partial charge in [-0.05, 0) is 37.0 Å². The fourth-order valence-electron chi connectivity index (χ4n) is 2.83. The Kier molecular flexibility index (Phi) is 5.31. The molecule has 1 aliphatic rings. The van der Waals surface area contributed by atoms with Gasteiger partial charge in [0, 0.05) is 19.8 Å². The zero-order valence-electron chi connectivity index (χ0n) is 13.3. The zero-order chi connectivity index (χ0) is 17.0. The molecule has 1 fully saturated rings. The van der Waals surface area contributed by atoms with Gasteiger partial charge in [-0.2, -0.15) is 0 Å². The summed E-state index contributed by atoms with van der Waals surface area (Å²) in [6.07, 6.45) is 3.00. The highest BCUT2D eigenvalue weighted by Gasteiger charge is 2.38. The van der Waals surface area contributed by atoms with Crippen LogP contribution in [0.2, 0.25) is 0 Å². The van der Waals surface area contributed by atoms with Crippen LogP contribution in [0.4, 0.5) is 0 Å². The van der Waals surface area contributed by atoms with Gasteiger partial charge in [-0.3, -0.25) is 14.6 Å². The standard InChI is InChI=1S/C16H21N3O4/c1-3-10-6-7-18-12(8-10)15(21)19-9-11(14(20)17-2)4-5-13(19)16(22)23/h6-8,11,13H,3-5,9H2,1-2H3,(H,17,20)(H,22,23)/t11-,13-/m0/s1. The van der Waals surface area contributed by atoms with E-state index in [1.807, 2.05) is 13.0 Å². The Morgan fingerprint density at radius 1 is 1.39 bits per heavy atom. The third-order valence-corrected chi connectivity index (χ3v) is 4.20. The molecule has 2 N–H and O–H groups in total. The number of amides is 2. The van der Waals surface area contributed by atoms with Gasteiger partial charge in [0.25, 0.3) is 5.91 Å². The van der Waals surface area contributed by atoms with Gasteiger partial charge in [-0.15, -0.1) is 0 Å². The Labute approximate surface area is 134 Å². The van der Waals surface area contributed by atoms with Gasteiger partial charge in [0.15, 0.2) is 0 Å². The van der Waals surface area contributed by atoms with Crippen molar-refractivity contribution in [3.8, 4) is 0 Å². The van der Waals surface area contributed by atoms with Gasteiger partial charge >= 0.3 is 5.97 Å². The van der Waals surface area contributed by atoms with Crippen molar-refractivity contribution in [1.29, 1.82) is 0 Å². The smallest absolute Gasteiger partial charge is 0.326 e. The summed E-state index contributed by atoms with van der Waals surface area (Å²) < 4.78 is 0. The summed E-state index contributed by atoms with van der Waals surface area (Å²) in [4.78, 5) is 41.3. The lowest BCUT2D eigenvalue weighted by atomic mass is 9.91. The monoisotopic (exact) mass is 319 g/mol. The van der Waals surface area contributed by atoms with Crippen LogP contribution in [0.15, 0.2) is 18.3 Å². The molecule has 0 saturated carbocycles. The van der Waals surface area contributed by atoms with Crippen molar-refractivity contribution in [2.24, 2.45) is 5.92 Å². The Hall–Kier alpha value is -2.44. The van der Waals surface area contributed by atoms with Crippen LogP contribution in [-0.2, 0) is 16.0 Å². The molecule has 7 nitrogen and oxygen atoms in total. The first-order valence-electron chi connectivity index (χ1n) is 7.68. The first-order chi connectivity index (χ1) is 11.0. The van der Waals surface area contributed by atoms with Crippen molar-refractivity contribution in [2.75, 3.05) is 13.6 Å². The van der Waals surface area contributed by atoms with Gasteiger partial charge in [0.2, 0.25) is 5.91 Å². The normalized spacial score (nSPS) is 20.9. The first kappa shape index (κ1) is 16.9. The number of hydrogen-bond donors (Lipinski definition) is 2. The van der Waals surface area contributed by atoms with Gasteiger partial charge in [0.05, 0.1) is 5.92 Å². The number of nitrogens with one attached hydrogen (secondary N) is 1. The maximum Gasteiger partial charge on any atom is 0.326 e. The molecule has 0 radical (unpaired) electrons. The molecule has 2 amide bonds. The Morgan fingerprint density at radius 2 is 2.13 bits per heavy atom. The molecule has 1 aliphatic heterocycles. The number of hydrogen-bond acceptors (Lipinski definition) is 4. The predicted octanol–water partition coefficient (Wildman–Crippen LogP) is 0.695. The number of aromatic nitrogens is 1. The van der Waals surface area contributed by atoms with Gasteiger partial charge < -0.3 is 15.3 Å². The second-order valence-corrected chi connectivity index (χ2v) is 5.60. The van der Waals surface area contributed by atoms with Crippen LogP contribution in [0.3, 0.4) is 0 Å². The summed E-state index contributed by atoms with van der Waals surface area (Å²) in [5.41, 5.74) is 1.17. The lowest BCUT2D eigenvalue weighted by Gasteiger charge is -2.36. The van der Waals surface area contributed by atoms with E-state index in [9.17, 15) is 19.5 Å².